The summed E-state index contributed by atoms with van der Waals surface area (Å²) < 4.78 is 30.8. The molecule has 6 aromatic rings. The summed E-state index contributed by atoms with van der Waals surface area (Å²) in [6, 6.07) is 34.0. The van der Waals surface area contributed by atoms with Gasteiger partial charge >= 0.3 is 0 Å². The number of ether oxygens (including phenoxy) is 5. The Morgan fingerprint density at radius 1 is 0.671 bits per heavy atom. The topological polar surface area (TPSA) is 153 Å². The smallest absolute Gasteiger partial charge is 0.261 e. The second-order valence-corrected chi connectivity index (χ2v) is 19.5. The van der Waals surface area contributed by atoms with Gasteiger partial charge in [-0.1, -0.05) is 53.3 Å². The highest BCUT2D eigenvalue weighted by Gasteiger charge is 2.38. The van der Waals surface area contributed by atoms with E-state index in [1.807, 2.05) is 97.4 Å². The second-order valence-electron chi connectivity index (χ2n) is 17.0. The van der Waals surface area contributed by atoms with E-state index >= 15 is 0 Å². The Balaban J connectivity index is 0.830. The zero-order chi connectivity index (χ0) is 48.0. The molecular weight excluding hydrogens is 925 g/mol. The number of fused-ring (bicyclic) bond motifs is 8. The van der Waals surface area contributed by atoms with Crippen LogP contribution < -0.4 is 38.8 Å². The summed E-state index contributed by atoms with van der Waals surface area (Å²) in [5, 5.41) is 3.94. The van der Waals surface area contributed by atoms with E-state index in [4.69, 9.17) is 33.7 Å². The van der Waals surface area contributed by atoms with E-state index < -0.39 is 0 Å². The van der Waals surface area contributed by atoms with Crippen molar-refractivity contribution in [1.82, 2.24) is 10.3 Å². The molecule has 5 heterocycles. The number of methoxy groups -OCH3 is 2. The molecule has 70 heavy (non-hydrogen) atoms. The number of aliphatic imine (C=N–C) groups is 2. The molecule has 3 amide bonds. The number of anilines is 2. The van der Waals surface area contributed by atoms with Crippen LogP contribution in [0.2, 0.25) is 0 Å². The van der Waals surface area contributed by atoms with E-state index in [1.54, 1.807) is 76.1 Å². The lowest BCUT2D eigenvalue weighted by Crippen LogP contribution is -2.37. The molecule has 0 bridgehead atoms. The standard InChI is InChI=1S/C54H50N6O8S2/c1-64-47-26-41-43(57-30-38-24-36-11-3-5-13-45(36)59(38)53(41)62)28-49(47)67-32-34-21-35(23-40(22-34)66-19-10-8-15-51(61)55-18-20-69-70-52-16-7-9-17-56-52)33-68-50-29-44-42(27-48(50)65-2)54(63)60-39(31-58-44)25-37-12-4-6-14-46(37)60/h3-7,9,11-14,16-17,21-23,26-31,38-39H,8,10,15,18-20,24-25,32-33H2,1-2H3,(H,55,61)/t38-,39?/m0/s1. The van der Waals surface area contributed by atoms with Gasteiger partial charge in [0.15, 0.2) is 23.0 Å². The number of carbonyl (C=O) groups excluding carboxylic acids is 3. The number of amides is 3. The molecule has 0 aliphatic carbocycles. The van der Waals surface area contributed by atoms with Gasteiger partial charge in [0.05, 0.1) is 55.4 Å². The van der Waals surface area contributed by atoms with Crippen molar-refractivity contribution >= 4 is 74.5 Å². The van der Waals surface area contributed by atoms with E-state index in [9.17, 15) is 14.4 Å². The summed E-state index contributed by atoms with van der Waals surface area (Å²) >= 11 is 0. The van der Waals surface area contributed by atoms with E-state index in [-0.39, 0.29) is 43.0 Å². The molecule has 1 aromatic heterocycles. The lowest BCUT2D eigenvalue weighted by molar-refractivity contribution is -0.121. The minimum absolute atomic E-state index is 0.00461. The zero-order valence-electron chi connectivity index (χ0n) is 38.7. The van der Waals surface area contributed by atoms with Crippen LogP contribution in [-0.2, 0) is 30.8 Å². The van der Waals surface area contributed by atoms with Crippen molar-refractivity contribution in [3.05, 3.63) is 149 Å². The highest BCUT2D eigenvalue weighted by atomic mass is 33.1. The van der Waals surface area contributed by atoms with Gasteiger partial charge in [-0.05, 0) is 100 Å². The van der Waals surface area contributed by atoms with E-state index in [0.717, 1.165) is 44.4 Å². The molecule has 4 aliphatic heterocycles. The van der Waals surface area contributed by atoms with Gasteiger partial charge in [-0.15, -0.1) is 0 Å². The van der Waals surface area contributed by atoms with Crippen LogP contribution in [0, 0.1) is 0 Å². The van der Waals surface area contributed by atoms with Gasteiger partial charge in [-0.2, -0.15) is 0 Å². The van der Waals surface area contributed by atoms with Crippen molar-refractivity contribution in [2.75, 3.05) is 42.9 Å². The van der Waals surface area contributed by atoms with Crippen LogP contribution in [0.4, 0.5) is 22.7 Å². The van der Waals surface area contributed by atoms with Crippen LogP contribution in [0.15, 0.2) is 130 Å². The largest absolute Gasteiger partial charge is 0.494 e. The molecule has 1 unspecified atom stereocenters. The number of benzene rings is 5. The summed E-state index contributed by atoms with van der Waals surface area (Å²) in [7, 11) is 6.34. The number of hydrogen-bond acceptors (Lipinski definition) is 13. The van der Waals surface area contributed by atoms with Crippen LogP contribution in [0.5, 0.6) is 28.7 Å². The van der Waals surface area contributed by atoms with Gasteiger partial charge in [0.25, 0.3) is 11.8 Å². The van der Waals surface area contributed by atoms with Gasteiger partial charge in [0.1, 0.15) is 24.0 Å². The fourth-order valence-corrected chi connectivity index (χ4v) is 10.9. The van der Waals surface area contributed by atoms with Crippen molar-refractivity contribution in [1.29, 1.82) is 0 Å². The number of pyridine rings is 1. The van der Waals surface area contributed by atoms with Crippen LogP contribution in [-0.4, -0.2) is 80.3 Å². The molecule has 10 rings (SSSR count). The Morgan fingerprint density at radius 3 is 1.80 bits per heavy atom. The monoisotopic (exact) mass is 974 g/mol. The minimum atomic E-state index is -0.193. The minimum Gasteiger partial charge on any atom is -0.494 e. The Labute approximate surface area is 413 Å². The Kier molecular flexibility index (Phi) is 14.0. The van der Waals surface area contributed by atoms with E-state index in [1.165, 1.54) is 0 Å². The van der Waals surface area contributed by atoms with E-state index in [0.29, 0.717) is 96.5 Å². The molecule has 1 N–H and O–H groups in total. The molecule has 4 aliphatic rings. The molecule has 0 spiro atoms. The SMILES string of the molecule is COc1cc2c(cc1OCc1cc(COc3cc4c(cc3OC)C(=O)N3c5ccccc5C[C@H]3C=N4)cc(OCCCCC(=O)NCCSSc3ccccn3)c1)N=CC1Cc3ccccc3N1C2=O. The predicted molar refractivity (Wildman–Crippen MR) is 274 cm³/mol. The molecule has 5 aromatic carbocycles. The molecule has 0 saturated carbocycles. The van der Waals surface area contributed by atoms with Crippen LogP contribution >= 0.6 is 21.6 Å². The Morgan fingerprint density at radius 2 is 1.24 bits per heavy atom. The number of nitrogens with one attached hydrogen (secondary N) is 1. The number of unbranched alkanes of at least 4 members (excludes halogenated alkanes) is 1. The quantitative estimate of drug-likeness (QED) is 0.0610. The Hall–Kier alpha value is -7.30. The maximum atomic E-state index is 14.0. The predicted octanol–water partition coefficient (Wildman–Crippen LogP) is 9.94. The summed E-state index contributed by atoms with van der Waals surface area (Å²) in [6.45, 7) is 1.21. The van der Waals surface area contributed by atoms with Crippen molar-refractivity contribution in [2.45, 2.75) is 62.4 Å². The van der Waals surface area contributed by atoms with Gasteiger partial charge in [0.2, 0.25) is 5.91 Å². The summed E-state index contributed by atoms with van der Waals surface area (Å²) in [5.41, 5.74) is 7.40. The Bertz CT molecular complexity index is 2840. The maximum absolute atomic E-state index is 14.0. The van der Waals surface area contributed by atoms with Crippen molar-refractivity contribution in [3.63, 3.8) is 0 Å². The molecule has 0 fully saturated rings. The first kappa shape index (κ1) is 46.4. The molecule has 14 nitrogen and oxygen atoms in total. The van der Waals surface area contributed by atoms with Gasteiger partial charge in [-0.3, -0.25) is 34.2 Å². The third kappa shape index (κ3) is 10.1. The van der Waals surface area contributed by atoms with Gasteiger partial charge in [0, 0.05) is 73.7 Å². The molecular formula is C54H50N6O8S2. The first-order valence-electron chi connectivity index (χ1n) is 23.2. The molecule has 0 saturated heterocycles. The zero-order valence-corrected chi connectivity index (χ0v) is 40.3. The maximum Gasteiger partial charge on any atom is 0.261 e. The van der Waals surface area contributed by atoms with Gasteiger partial charge in [-0.25, -0.2) is 4.98 Å². The lowest BCUT2D eigenvalue weighted by atomic mass is 10.1. The van der Waals surface area contributed by atoms with Gasteiger partial charge < -0.3 is 29.0 Å². The second kappa shape index (κ2) is 21.1. The number of nitrogens with zero attached hydrogens (tertiary/aromatic N) is 5. The van der Waals surface area contributed by atoms with Crippen LogP contribution in [0.1, 0.15) is 62.2 Å². The number of rotatable bonds is 19. The third-order valence-electron chi connectivity index (χ3n) is 12.4. The molecule has 2 atom stereocenters. The number of hydrogen-bond donors (Lipinski definition) is 1. The normalized spacial score (nSPS) is 16.0. The lowest BCUT2D eigenvalue weighted by Gasteiger charge is -2.22. The van der Waals surface area contributed by atoms with Crippen molar-refractivity contribution < 1.29 is 38.1 Å². The molecule has 356 valence electrons. The van der Waals surface area contributed by atoms with Crippen LogP contribution in [0.3, 0.4) is 0 Å². The number of para-hydroxylation sites is 2. The average molecular weight is 975 g/mol. The first-order chi connectivity index (χ1) is 34.3. The third-order valence-corrected chi connectivity index (χ3v) is 14.7. The molecule has 16 heteroatoms. The summed E-state index contributed by atoms with van der Waals surface area (Å²) in [6.07, 6.45) is 8.51. The highest BCUT2D eigenvalue weighted by Crippen LogP contribution is 2.43. The van der Waals surface area contributed by atoms with E-state index in [2.05, 4.69) is 10.3 Å². The number of aromatic nitrogens is 1. The first-order valence-corrected chi connectivity index (χ1v) is 25.5. The summed E-state index contributed by atoms with van der Waals surface area (Å²) in [5.74, 6) is 2.73. The fourth-order valence-electron chi connectivity index (χ4n) is 9.07. The fraction of sp³-hybridized carbons (Fsp3) is 0.259. The summed E-state index contributed by atoms with van der Waals surface area (Å²) in [4.78, 5) is 58.1. The van der Waals surface area contributed by atoms with Crippen molar-refractivity contribution in [2.24, 2.45) is 9.98 Å². The van der Waals surface area contributed by atoms with Crippen LogP contribution in [0.25, 0.3) is 0 Å². The number of carbonyl (C=O) groups is 3. The van der Waals surface area contributed by atoms with Crippen molar-refractivity contribution in [3.8, 4) is 28.7 Å². The molecule has 0 radical (unpaired) electrons. The average Bonchev–Trinajstić information content (AvgIpc) is 3.88. The highest BCUT2D eigenvalue weighted by molar-refractivity contribution is 8.76.